The molecule has 3 atom stereocenters. The zero-order valence-electron chi connectivity index (χ0n) is 17.3. The maximum atomic E-state index is 12.7. The van der Waals surface area contributed by atoms with Gasteiger partial charge in [-0.15, -0.1) is 11.8 Å². The molecule has 4 N–H and O–H groups in total. The van der Waals surface area contributed by atoms with Crippen LogP contribution in [0.25, 0.3) is 0 Å². The molecular formula is C21H20N2O9S. The summed E-state index contributed by atoms with van der Waals surface area (Å²) in [5.74, 6) is -6.98. The van der Waals surface area contributed by atoms with E-state index in [1.165, 1.54) is 24.3 Å². The van der Waals surface area contributed by atoms with Crippen LogP contribution in [-0.2, 0) is 28.7 Å². The number of carboxylic acids is 2. The van der Waals surface area contributed by atoms with Crippen LogP contribution in [0.3, 0.4) is 0 Å². The van der Waals surface area contributed by atoms with E-state index in [-0.39, 0.29) is 34.9 Å². The zero-order chi connectivity index (χ0) is 24.3. The molecular weight excluding hydrogens is 456 g/mol. The number of aromatic hydroxyl groups is 1. The summed E-state index contributed by atoms with van der Waals surface area (Å²) in [6, 6.07) is 4.06. The number of fused-ring (bicyclic) bond motifs is 1. The monoisotopic (exact) mass is 476 g/mol. The Labute approximate surface area is 191 Å². The van der Waals surface area contributed by atoms with Crippen molar-refractivity contribution in [1.29, 1.82) is 0 Å². The van der Waals surface area contributed by atoms with Gasteiger partial charge >= 0.3 is 17.9 Å². The number of phenolic OH excluding ortho intramolecular Hbond substituents is 1. The number of carboxylic acid groups (broad SMARTS) is 2. The van der Waals surface area contributed by atoms with Gasteiger partial charge in [-0.25, -0.2) is 9.59 Å². The predicted octanol–water partition coefficient (Wildman–Crippen LogP) is 0.418. The van der Waals surface area contributed by atoms with Gasteiger partial charge in [-0.05, 0) is 36.3 Å². The third kappa shape index (κ3) is 4.85. The van der Waals surface area contributed by atoms with Crippen LogP contribution >= 0.6 is 11.8 Å². The van der Waals surface area contributed by atoms with E-state index in [1.807, 2.05) is 0 Å². The molecule has 174 valence electrons. The Balaban J connectivity index is 1.79. The average Bonchev–Trinajstić information content (AvgIpc) is 2.75. The highest BCUT2D eigenvalue weighted by molar-refractivity contribution is 8.00. The van der Waals surface area contributed by atoms with Crippen LogP contribution in [0.15, 0.2) is 47.7 Å². The number of aliphatic carboxylic acids is 2. The number of allylic oxidation sites excluding steroid dienone is 1. The summed E-state index contributed by atoms with van der Waals surface area (Å²) in [5, 5.41) is 30.3. The molecule has 0 spiro atoms. The third-order valence-corrected chi connectivity index (χ3v) is 6.22. The molecule has 12 heteroatoms. The Hall–Kier alpha value is -3.80. The number of phenols is 1. The van der Waals surface area contributed by atoms with E-state index in [9.17, 15) is 39.3 Å². The number of ether oxygens (including phenoxy) is 1. The number of hydrogen-bond donors (Lipinski definition) is 4. The Morgan fingerprint density at radius 1 is 1.30 bits per heavy atom. The van der Waals surface area contributed by atoms with Crippen LogP contribution in [0.4, 0.5) is 0 Å². The molecule has 3 rings (SSSR count). The van der Waals surface area contributed by atoms with Crippen LogP contribution < -0.4 is 5.32 Å². The molecule has 2 aliphatic heterocycles. The van der Waals surface area contributed by atoms with Gasteiger partial charge in [0.1, 0.15) is 22.9 Å². The maximum Gasteiger partial charge on any atom is 0.352 e. The largest absolute Gasteiger partial charge is 0.508 e. The number of esters is 1. The summed E-state index contributed by atoms with van der Waals surface area (Å²) in [4.78, 5) is 61.4. The standard InChI is InChI=1S/C21H20N2O9S/c1-2-32-13(25)7-6-11-9-33-19-15(18(27)23(19)16(11)21(30)31)22-17(26)14(20(28)29)10-4-3-5-12(24)8-10/h3-8,14-15,19,24H,2,9H2,1H3,(H,22,26)(H,28,29)(H,30,31)/t14?,15?,19-/m0/s1. The van der Waals surface area contributed by atoms with E-state index in [0.717, 1.165) is 28.8 Å². The normalized spacial score (nSPS) is 20.6. The second-order valence-electron chi connectivity index (χ2n) is 7.03. The smallest absolute Gasteiger partial charge is 0.352 e. The van der Waals surface area contributed by atoms with Gasteiger partial charge in [-0.1, -0.05) is 12.1 Å². The first-order chi connectivity index (χ1) is 15.6. The van der Waals surface area contributed by atoms with Gasteiger partial charge in [-0.2, -0.15) is 0 Å². The van der Waals surface area contributed by atoms with Gasteiger partial charge in [0.05, 0.1) is 6.61 Å². The Kier molecular flexibility index (Phi) is 7.07. The number of nitrogens with one attached hydrogen (secondary N) is 1. The SMILES string of the molecule is CCOC(=O)C=CC1=C(C(=O)O)N2C(=O)C(NC(=O)C(C(=O)O)c3cccc(O)c3)[C@@H]2SC1. The second-order valence-corrected chi connectivity index (χ2v) is 8.13. The van der Waals surface area contributed by atoms with Crippen LogP contribution in [0.5, 0.6) is 5.75 Å². The number of carbonyl (C=O) groups is 5. The van der Waals surface area contributed by atoms with Crippen molar-refractivity contribution in [3.63, 3.8) is 0 Å². The molecule has 33 heavy (non-hydrogen) atoms. The minimum absolute atomic E-state index is 0.0254. The minimum atomic E-state index is -1.68. The van der Waals surface area contributed by atoms with Crippen LogP contribution in [0, 0.1) is 0 Å². The number of benzene rings is 1. The molecule has 2 unspecified atom stereocenters. The molecule has 2 aliphatic rings. The highest BCUT2D eigenvalue weighted by Crippen LogP contribution is 2.41. The van der Waals surface area contributed by atoms with Gasteiger partial charge in [0.15, 0.2) is 5.92 Å². The van der Waals surface area contributed by atoms with Crippen LogP contribution in [0.2, 0.25) is 0 Å². The van der Waals surface area contributed by atoms with Crippen molar-refractivity contribution in [1.82, 2.24) is 10.2 Å². The number of rotatable bonds is 8. The molecule has 1 aromatic carbocycles. The highest BCUT2D eigenvalue weighted by Gasteiger charge is 2.54. The first-order valence-corrected chi connectivity index (χ1v) is 10.8. The molecule has 1 aromatic rings. The van der Waals surface area contributed by atoms with Crippen molar-refractivity contribution in [2.45, 2.75) is 24.3 Å². The van der Waals surface area contributed by atoms with Gasteiger partial charge in [0.2, 0.25) is 5.91 Å². The summed E-state index contributed by atoms with van der Waals surface area (Å²) in [6.45, 7) is 1.77. The number of nitrogens with zero attached hydrogens (tertiary/aromatic N) is 1. The van der Waals surface area contributed by atoms with Gasteiger partial charge in [0, 0.05) is 11.8 Å². The fourth-order valence-corrected chi connectivity index (χ4v) is 4.80. The van der Waals surface area contributed by atoms with Gasteiger partial charge in [0.25, 0.3) is 5.91 Å². The van der Waals surface area contributed by atoms with Crippen molar-refractivity contribution in [2.24, 2.45) is 0 Å². The molecule has 0 aliphatic carbocycles. The molecule has 0 radical (unpaired) electrons. The topological polar surface area (TPSA) is 171 Å². The van der Waals surface area contributed by atoms with Crippen LogP contribution in [-0.4, -0.2) is 73.7 Å². The van der Waals surface area contributed by atoms with Gasteiger partial charge < -0.3 is 25.4 Å². The molecule has 11 nitrogen and oxygen atoms in total. The second kappa shape index (κ2) is 9.77. The molecule has 1 fully saturated rings. The lowest BCUT2D eigenvalue weighted by atomic mass is 9.96. The Morgan fingerprint density at radius 2 is 2.03 bits per heavy atom. The van der Waals surface area contributed by atoms with E-state index in [4.69, 9.17) is 4.74 Å². The summed E-state index contributed by atoms with van der Waals surface area (Å²) in [7, 11) is 0. The quantitative estimate of drug-likeness (QED) is 0.178. The molecule has 2 heterocycles. The number of β-lactam (4-membered cyclic amide) rings is 1. The van der Waals surface area contributed by atoms with E-state index in [0.29, 0.717) is 0 Å². The molecule has 0 aromatic heterocycles. The Bertz CT molecular complexity index is 1080. The van der Waals surface area contributed by atoms with E-state index in [2.05, 4.69) is 5.32 Å². The predicted molar refractivity (Wildman–Crippen MR) is 114 cm³/mol. The number of thioether (sulfide) groups is 1. The fraction of sp³-hybridized carbons (Fsp3) is 0.286. The number of amides is 2. The maximum absolute atomic E-state index is 12.7. The van der Waals surface area contributed by atoms with E-state index < -0.39 is 47.1 Å². The summed E-state index contributed by atoms with van der Waals surface area (Å²) in [6.07, 6.45) is 2.34. The van der Waals surface area contributed by atoms with E-state index >= 15 is 0 Å². The number of hydrogen-bond acceptors (Lipinski definition) is 8. The van der Waals surface area contributed by atoms with Crippen molar-refractivity contribution < 1.29 is 44.0 Å². The molecule has 2 amide bonds. The lowest BCUT2D eigenvalue weighted by Gasteiger charge is -2.49. The Morgan fingerprint density at radius 3 is 2.64 bits per heavy atom. The lowest BCUT2D eigenvalue weighted by molar-refractivity contribution is -0.152. The lowest BCUT2D eigenvalue weighted by Crippen LogP contribution is -2.71. The minimum Gasteiger partial charge on any atom is -0.508 e. The fourth-order valence-electron chi connectivity index (χ4n) is 3.48. The first-order valence-electron chi connectivity index (χ1n) is 9.73. The third-order valence-electron chi connectivity index (χ3n) is 4.92. The van der Waals surface area contributed by atoms with Crippen molar-refractivity contribution >= 4 is 41.5 Å². The van der Waals surface area contributed by atoms with Crippen molar-refractivity contribution in [3.8, 4) is 5.75 Å². The average molecular weight is 476 g/mol. The van der Waals surface area contributed by atoms with Gasteiger partial charge in [-0.3, -0.25) is 19.3 Å². The zero-order valence-corrected chi connectivity index (χ0v) is 18.1. The van der Waals surface area contributed by atoms with E-state index in [1.54, 1.807) is 6.92 Å². The van der Waals surface area contributed by atoms with Crippen LogP contribution in [0.1, 0.15) is 18.4 Å². The molecule has 0 bridgehead atoms. The van der Waals surface area contributed by atoms with Crippen molar-refractivity contribution in [3.05, 3.63) is 53.3 Å². The van der Waals surface area contributed by atoms with Crippen molar-refractivity contribution in [2.75, 3.05) is 12.4 Å². The molecule has 1 saturated heterocycles. The number of carbonyl (C=O) groups excluding carboxylic acids is 3. The first kappa shape index (κ1) is 23.9. The summed E-state index contributed by atoms with van der Waals surface area (Å²) < 4.78 is 4.76. The molecule has 0 saturated carbocycles. The summed E-state index contributed by atoms with van der Waals surface area (Å²) >= 11 is 1.16. The summed E-state index contributed by atoms with van der Waals surface area (Å²) in [5.41, 5.74) is -0.0758. The highest BCUT2D eigenvalue weighted by atomic mass is 32.2.